The van der Waals surface area contributed by atoms with Crippen LogP contribution in [0.15, 0.2) is 48.7 Å². The van der Waals surface area contributed by atoms with Gasteiger partial charge in [-0.25, -0.2) is 0 Å². The number of aromatic amines is 1. The van der Waals surface area contributed by atoms with E-state index in [1.165, 1.54) is 11.1 Å². The predicted octanol–water partition coefficient (Wildman–Crippen LogP) is 3.10. The maximum absolute atomic E-state index is 9.76. The molecule has 3 N–H and O–H groups in total. The molecule has 1 aliphatic heterocycles. The van der Waals surface area contributed by atoms with Gasteiger partial charge in [-0.2, -0.15) is 5.10 Å². The molecule has 0 spiro atoms. The fraction of sp³-hybridized carbons (Fsp3) is 0.348. The molecule has 6 nitrogen and oxygen atoms in total. The van der Waals surface area contributed by atoms with Crippen LogP contribution in [0.4, 0.5) is 0 Å². The number of nitrogens with one attached hydrogen (secondary N) is 2. The lowest BCUT2D eigenvalue weighted by atomic mass is 9.99. The molecule has 0 unspecified atom stereocenters. The van der Waals surface area contributed by atoms with Crippen molar-refractivity contribution in [1.29, 1.82) is 0 Å². The van der Waals surface area contributed by atoms with E-state index in [4.69, 9.17) is 9.47 Å². The van der Waals surface area contributed by atoms with Gasteiger partial charge in [0.25, 0.3) is 0 Å². The molecule has 6 heteroatoms. The highest BCUT2D eigenvalue weighted by Gasteiger charge is 2.15. The molecule has 0 aliphatic carbocycles. The number of fused-ring (bicyclic) bond motifs is 1. The van der Waals surface area contributed by atoms with Crippen LogP contribution in [-0.4, -0.2) is 41.7 Å². The number of H-pyrrole nitrogens is 1. The average Bonchev–Trinajstić information content (AvgIpc) is 3.22. The Kier molecular flexibility index (Phi) is 6.12. The van der Waals surface area contributed by atoms with Crippen LogP contribution in [0, 0.1) is 12.8 Å². The lowest BCUT2D eigenvalue weighted by molar-refractivity contribution is 0.171. The molecular weight excluding hydrogens is 366 g/mol. The molecule has 1 aromatic heterocycles. The Hall–Kier alpha value is -2.83. The Morgan fingerprint density at radius 3 is 2.69 bits per heavy atom. The number of ether oxygens (including phenoxy) is 2. The maximum atomic E-state index is 9.76. The molecule has 0 fully saturated rings. The minimum absolute atomic E-state index is 0.154. The highest BCUT2D eigenvalue weighted by atomic mass is 16.6. The van der Waals surface area contributed by atoms with Gasteiger partial charge in [0.15, 0.2) is 11.5 Å². The molecule has 0 saturated heterocycles. The first kappa shape index (κ1) is 19.5. The van der Waals surface area contributed by atoms with E-state index in [2.05, 4.69) is 46.7 Å². The van der Waals surface area contributed by atoms with Crippen molar-refractivity contribution in [2.24, 2.45) is 5.92 Å². The second-order valence-electron chi connectivity index (χ2n) is 7.50. The molecule has 0 bridgehead atoms. The van der Waals surface area contributed by atoms with Gasteiger partial charge in [-0.3, -0.25) is 5.10 Å². The molecule has 1 atom stereocenters. The van der Waals surface area contributed by atoms with Gasteiger partial charge in [0.2, 0.25) is 0 Å². The highest BCUT2D eigenvalue weighted by Crippen LogP contribution is 2.34. The molecule has 0 radical (unpaired) electrons. The van der Waals surface area contributed by atoms with Crippen molar-refractivity contribution in [3.8, 4) is 22.8 Å². The zero-order valence-corrected chi connectivity index (χ0v) is 16.6. The third-order valence-electron chi connectivity index (χ3n) is 5.20. The largest absolute Gasteiger partial charge is 0.486 e. The number of nitrogens with zero attached hydrogens (tertiary/aromatic N) is 1. The van der Waals surface area contributed by atoms with Crippen molar-refractivity contribution in [2.75, 3.05) is 26.4 Å². The lowest BCUT2D eigenvalue weighted by Crippen LogP contribution is -2.26. The van der Waals surface area contributed by atoms with E-state index in [9.17, 15) is 5.11 Å². The standard InChI is InChI=1S/C23H27N3O3/c1-16-2-4-17(5-3-16)10-18(15-27)12-24-13-20-14-25-26-23(20)19-6-7-21-22(11-19)29-9-8-28-21/h2-7,11,14,18,24,27H,8-10,12-13,15H2,1H3,(H,25,26)/t18-/m1/s1. The summed E-state index contributed by atoms with van der Waals surface area (Å²) in [6.45, 7) is 4.79. The minimum Gasteiger partial charge on any atom is -0.486 e. The monoisotopic (exact) mass is 393 g/mol. The molecule has 152 valence electrons. The number of aliphatic hydroxyl groups is 1. The summed E-state index contributed by atoms with van der Waals surface area (Å²) < 4.78 is 11.3. The van der Waals surface area contributed by atoms with Gasteiger partial charge < -0.3 is 19.9 Å². The summed E-state index contributed by atoms with van der Waals surface area (Å²) >= 11 is 0. The van der Waals surface area contributed by atoms with Crippen LogP contribution in [0.25, 0.3) is 11.3 Å². The molecule has 2 heterocycles. The van der Waals surface area contributed by atoms with Gasteiger partial charge in [0.1, 0.15) is 13.2 Å². The number of benzene rings is 2. The quantitative estimate of drug-likeness (QED) is 0.548. The van der Waals surface area contributed by atoms with Gasteiger partial charge in [-0.15, -0.1) is 0 Å². The zero-order valence-electron chi connectivity index (χ0n) is 16.6. The van der Waals surface area contributed by atoms with Crippen LogP contribution >= 0.6 is 0 Å². The Bertz CT molecular complexity index is 937. The molecule has 4 rings (SSSR count). The topological polar surface area (TPSA) is 79.4 Å². The average molecular weight is 393 g/mol. The maximum Gasteiger partial charge on any atom is 0.162 e. The van der Waals surface area contributed by atoms with E-state index in [0.717, 1.165) is 41.3 Å². The second-order valence-corrected chi connectivity index (χ2v) is 7.50. The smallest absolute Gasteiger partial charge is 0.162 e. The second kappa shape index (κ2) is 9.11. The summed E-state index contributed by atoms with van der Waals surface area (Å²) in [7, 11) is 0. The number of aromatic nitrogens is 2. The van der Waals surface area contributed by atoms with Crippen LogP contribution < -0.4 is 14.8 Å². The summed E-state index contributed by atoms with van der Waals surface area (Å²) in [5.41, 5.74) is 5.56. The fourth-order valence-electron chi connectivity index (χ4n) is 3.56. The van der Waals surface area contributed by atoms with Crippen molar-refractivity contribution >= 4 is 0 Å². The minimum atomic E-state index is 0.154. The third-order valence-corrected chi connectivity index (χ3v) is 5.20. The Morgan fingerprint density at radius 2 is 1.90 bits per heavy atom. The Labute approximate surface area is 170 Å². The number of rotatable bonds is 8. The summed E-state index contributed by atoms with van der Waals surface area (Å²) in [5.74, 6) is 1.71. The normalized spacial score (nSPS) is 14.0. The zero-order chi connectivity index (χ0) is 20.1. The number of aliphatic hydroxyl groups excluding tert-OH is 1. The molecule has 3 aromatic rings. The van der Waals surface area contributed by atoms with E-state index in [0.29, 0.717) is 19.8 Å². The molecule has 1 aliphatic rings. The lowest BCUT2D eigenvalue weighted by Gasteiger charge is -2.19. The van der Waals surface area contributed by atoms with E-state index in [1.54, 1.807) is 0 Å². The summed E-state index contributed by atoms with van der Waals surface area (Å²) in [4.78, 5) is 0. The summed E-state index contributed by atoms with van der Waals surface area (Å²) in [5, 5.41) is 20.5. The van der Waals surface area contributed by atoms with Gasteiger partial charge in [-0.05, 0) is 43.0 Å². The third kappa shape index (κ3) is 4.78. The number of aryl methyl sites for hydroxylation is 1. The first-order valence-electron chi connectivity index (χ1n) is 10.0. The van der Waals surface area contributed by atoms with Crippen molar-refractivity contribution in [1.82, 2.24) is 15.5 Å². The van der Waals surface area contributed by atoms with E-state index in [-0.39, 0.29) is 12.5 Å². The number of hydrogen-bond acceptors (Lipinski definition) is 5. The van der Waals surface area contributed by atoms with Gasteiger partial charge >= 0.3 is 0 Å². The van der Waals surface area contributed by atoms with Crippen LogP contribution in [0.1, 0.15) is 16.7 Å². The Balaban J connectivity index is 1.37. The first-order chi connectivity index (χ1) is 14.2. The van der Waals surface area contributed by atoms with Crippen LogP contribution in [-0.2, 0) is 13.0 Å². The molecular formula is C23H27N3O3. The predicted molar refractivity (Wildman–Crippen MR) is 112 cm³/mol. The van der Waals surface area contributed by atoms with Crippen molar-refractivity contribution < 1.29 is 14.6 Å². The number of hydrogen-bond donors (Lipinski definition) is 3. The van der Waals surface area contributed by atoms with Gasteiger partial charge in [0.05, 0.1) is 11.9 Å². The molecule has 2 aromatic carbocycles. The van der Waals surface area contributed by atoms with E-state index < -0.39 is 0 Å². The van der Waals surface area contributed by atoms with Crippen molar-refractivity contribution in [2.45, 2.75) is 19.9 Å². The van der Waals surface area contributed by atoms with Gasteiger partial charge in [-0.1, -0.05) is 29.8 Å². The Morgan fingerprint density at radius 1 is 1.10 bits per heavy atom. The van der Waals surface area contributed by atoms with Crippen molar-refractivity contribution in [3.05, 3.63) is 65.4 Å². The first-order valence-corrected chi connectivity index (χ1v) is 10.0. The summed E-state index contributed by atoms with van der Waals surface area (Å²) in [6.07, 6.45) is 2.69. The van der Waals surface area contributed by atoms with Crippen LogP contribution in [0.3, 0.4) is 0 Å². The SMILES string of the molecule is Cc1ccc(C[C@@H](CO)CNCc2cn[nH]c2-c2ccc3c(c2)OCCO3)cc1. The van der Waals surface area contributed by atoms with E-state index in [1.807, 2.05) is 24.4 Å². The van der Waals surface area contributed by atoms with Gasteiger partial charge in [0, 0.05) is 30.8 Å². The molecule has 0 saturated carbocycles. The van der Waals surface area contributed by atoms with E-state index >= 15 is 0 Å². The molecule has 29 heavy (non-hydrogen) atoms. The van der Waals surface area contributed by atoms with Crippen LogP contribution in [0.5, 0.6) is 11.5 Å². The summed E-state index contributed by atoms with van der Waals surface area (Å²) in [6, 6.07) is 14.4. The fourth-order valence-corrected chi connectivity index (χ4v) is 3.56. The highest BCUT2D eigenvalue weighted by molar-refractivity contribution is 5.66. The van der Waals surface area contributed by atoms with Crippen LogP contribution in [0.2, 0.25) is 0 Å². The van der Waals surface area contributed by atoms with Crippen molar-refractivity contribution in [3.63, 3.8) is 0 Å². The molecule has 0 amide bonds.